The third kappa shape index (κ3) is 3.43. The van der Waals surface area contributed by atoms with E-state index >= 15 is 0 Å². The highest BCUT2D eigenvalue weighted by Crippen LogP contribution is 2.24. The van der Waals surface area contributed by atoms with Crippen LogP contribution in [0.5, 0.6) is 0 Å². The Balaban J connectivity index is 1.42. The first-order valence-electron chi connectivity index (χ1n) is 9.37. The van der Waals surface area contributed by atoms with Gasteiger partial charge in [-0.2, -0.15) is 0 Å². The molecule has 4 rings (SSSR count). The minimum absolute atomic E-state index is 0.0367. The van der Waals surface area contributed by atoms with E-state index in [9.17, 15) is 19.2 Å². The first-order valence-corrected chi connectivity index (χ1v) is 9.37. The largest absolute Gasteiger partial charge is 0.459 e. The second kappa shape index (κ2) is 7.47. The molecule has 5 amide bonds. The lowest BCUT2D eigenvalue weighted by molar-refractivity contribution is -0.143. The number of imide groups is 2. The second-order valence-electron chi connectivity index (χ2n) is 7.12. The quantitative estimate of drug-likeness (QED) is 0.520. The number of carbonyl (C=O) groups excluding carboxylic acids is 4. The first-order chi connectivity index (χ1) is 14.3. The molecule has 1 aromatic heterocycles. The van der Waals surface area contributed by atoms with Gasteiger partial charge in [0, 0.05) is 18.0 Å². The predicted octanol–water partition coefficient (Wildman–Crippen LogP) is 2.84. The molecule has 30 heavy (non-hydrogen) atoms. The van der Waals surface area contributed by atoms with Crippen molar-refractivity contribution in [3.63, 3.8) is 0 Å². The number of nitrogens with zero attached hydrogens (tertiary/aromatic N) is 2. The third-order valence-electron chi connectivity index (χ3n) is 5.03. The molecule has 1 atom stereocenters. The number of para-hydroxylation sites is 1. The molecule has 0 saturated carbocycles. The van der Waals surface area contributed by atoms with Gasteiger partial charge in [0.15, 0.2) is 0 Å². The highest BCUT2D eigenvalue weighted by Gasteiger charge is 2.41. The Hall–Kier alpha value is -3.94. The zero-order chi connectivity index (χ0) is 21.4. The molecule has 1 fully saturated rings. The van der Waals surface area contributed by atoms with Crippen LogP contribution in [-0.2, 0) is 16.1 Å². The number of furan rings is 1. The fourth-order valence-electron chi connectivity index (χ4n) is 3.26. The summed E-state index contributed by atoms with van der Waals surface area (Å²) < 4.78 is 5.78. The van der Waals surface area contributed by atoms with Gasteiger partial charge in [-0.15, -0.1) is 0 Å². The average molecular weight is 405 g/mol. The van der Waals surface area contributed by atoms with Crippen LogP contribution in [0.15, 0.2) is 59.0 Å². The van der Waals surface area contributed by atoms with Crippen molar-refractivity contribution in [3.8, 4) is 0 Å². The summed E-state index contributed by atoms with van der Waals surface area (Å²) in [5, 5.41) is 3.85. The SMILES string of the molecule is C[C@H](NC(=O)c1ccc(CN2C(=O)C(=O)N(C)C2=O)cc1)c1cc2ccccc2o1. The van der Waals surface area contributed by atoms with Crippen LogP contribution in [0.2, 0.25) is 0 Å². The summed E-state index contributed by atoms with van der Waals surface area (Å²) in [6, 6.07) is 15.0. The minimum atomic E-state index is -0.857. The molecule has 2 aromatic carbocycles. The molecule has 1 saturated heterocycles. The molecule has 1 N–H and O–H groups in total. The van der Waals surface area contributed by atoms with Crippen molar-refractivity contribution in [1.29, 1.82) is 0 Å². The van der Waals surface area contributed by atoms with Crippen molar-refractivity contribution >= 4 is 34.7 Å². The lowest BCUT2D eigenvalue weighted by Crippen LogP contribution is -2.31. The van der Waals surface area contributed by atoms with Crippen molar-refractivity contribution < 1.29 is 23.6 Å². The van der Waals surface area contributed by atoms with Crippen molar-refractivity contribution in [1.82, 2.24) is 15.1 Å². The normalized spacial score (nSPS) is 15.2. The smallest absolute Gasteiger partial charge is 0.334 e. The monoisotopic (exact) mass is 405 g/mol. The Kier molecular flexibility index (Phi) is 4.83. The van der Waals surface area contributed by atoms with Gasteiger partial charge in [0.05, 0.1) is 12.6 Å². The van der Waals surface area contributed by atoms with E-state index in [4.69, 9.17) is 4.42 Å². The van der Waals surface area contributed by atoms with Crippen LogP contribution in [-0.4, -0.2) is 40.6 Å². The summed E-state index contributed by atoms with van der Waals surface area (Å²) in [6.07, 6.45) is 0. The van der Waals surface area contributed by atoms with Gasteiger partial charge in [0.1, 0.15) is 11.3 Å². The number of rotatable bonds is 5. The van der Waals surface area contributed by atoms with E-state index in [-0.39, 0.29) is 18.5 Å². The van der Waals surface area contributed by atoms with E-state index in [0.717, 1.165) is 20.8 Å². The van der Waals surface area contributed by atoms with E-state index in [0.29, 0.717) is 16.9 Å². The third-order valence-corrected chi connectivity index (χ3v) is 5.03. The molecule has 3 aromatic rings. The van der Waals surface area contributed by atoms with E-state index < -0.39 is 17.8 Å². The summed E-state index contributed by atoms with van der Waals surface area (Å²) in [5.74, 6) is -1.33. The van der Waals surface area contributed by atoms with E-state index in [1.165, 1.54) is 7.05 Å². The molecule has 0 unspecified atom stereocenters. The van der Waals surface area contributed by atoms with Crippen molar-refractivity contribution in [2.24, 2.45) is 0 Å². The number of likely N-dealkylation sites (N-methyl/N-ethyl adjacent to an activating group) is 1. The number of hydrogen-bond donors (Lipinski definition) is 1. The van der Waals surface area contributed by atoms with Crippen LogP contribution in [0.25, 0.3) is 11.0 Å². The van der Waals surface area contributed by atoms with E-state index in [1.54, 1.807) is 24.3 Å². The predicted molar refractivity (Wildman–Crippen MR) is 107 cm³/mol. The lowest BCUT2D eigenvalue weighted by Gasteiger charge is -2.14. The molecular formula is C22H19N3O5. The van der Waals surface area contributed by atoms with Gasteiger partial charge in [-0.25, -0.2) is 4.79 Å². The number of nitrogens with one attached hydrogen (secondary N) is 1. The van der Waals surface area contributed by atoms with Gasteiger partial charge in [0.2, 0.25) is 0 Å². The Bertz CT molecular complexity index is 1130. The molecule has 0 bridgehead atoms. The molecule has 0 radical (unpaired) electrons. The van der Waals surface area contributed by atoms with Crippen LogP contribution in [0, 0.1) is 0 Å². The van der Waals surface area contributed by atoms with Crippen molar-refractivity contribution in [2.45, 2.75) is 19.5 Å². The van der Waals surface area contributed by atoms with Crippen molar-refractivity contribution in [3.05, 3.63) is 71.5 Å². The number of amides is 5. The Morgan fingerprint density at radius 3 is 2.37 bits per heavy atom. The summed E-state index contributed by atoms with van der Waals surface area (Å²) in [7, 11) is 1.26. The zero-order valence-corrected chi connectivity index (χ0v) is 16.4. The highest BCUT2D eigenvalue weighted by atomic mass is 16.3. The van der Waals surface area contributed by atoms with E-state index in [2.05, 4.69) is 5.32 Å². The van der Waals surface area contributed by atoms with Gasteiger partial charge >= 0.3 is 17.8 Å². The summed E-state index contributed by atoms with van der Waals surface area (Å²) in [5.41, 5.74) is 1.81. The second-order valence-corrected chi connectivity index (χ2v) is 7.12. The Morgan fingerprint density at radius 1 is 1.03 bits per heavy atom. The summed E-state index contributed by atoms with van der Waals surface area (Å²) >= 11 is 0. The molecule has 2 heterocycles. The van der Waals surface area contributed by atoms with Gasteiger partial charge < -0.3 is 9.73 Å². The summed E-state index contributed by atoms with van der Waals surface area (Å²) in [4.78, 5) is 49.6. The Morgan fingerprint density at radius 2 is 1.73 bits per heavy atom. The Labute approximate surface area is 172 Å². The van der Waals surface area contributed by atoms with Crippen LogP contribution in [0.3, 0.4) is 0 Å². The fraction of sp³-hybridized carbons (Fsp3) is 0.182. The molecule has 8 heteroatoms. The molecule has 0 aliphatic carbocycles. The molecule has 152 valence electrons. The van der Waals surface area contributed by atoms with Gasteiger partial charge in [0.25, 0.3) is 5.91 Å². The maximum atomic E-state index is 12.6. The zero-order valence-electron chi connectivity index (χ0n) is 16.4. The minimum Gasteiger partial charge on any atom is -0.459 e. The average Bonchev–Trinajstić information content (AvgIpc) is 3.26. The maximum Gasteiger partial charge on any atom is 0.334 e. The maximum absolute atomic E-state index is 12.6. The molecular weight excluding hydrogens is 386 g/mol. The number of urea groups is 1. The van der Waals surface area contributed by atoms with Crippen LogP contribution in [0.1, 0.15) is 34.6 Å². The van der Waals surface area contributed by atoms with Gasteiger partial charge in [-0.05, 0) is 36.8 Å². The van der Waals surface area contributed by atoms with Crippen LogP contribution < -0.4 is 5.32 Å². The molecule has 1 aliphatic heterocycles. The number of benzene rings is 2. The lowest BCUT2D eigenvalue weighted by atomic mass is 10.1. The molecule has 1 aliphatic rings. The fourth-order valence-corrected chi connectivity index (χ4v) is 3.26. The van der Waals surface area contributed by atoms with Gasteiger partial charge in [-0.3, -0.25) is 24.2 Å². The molecule has 8 nitrogen and oxygen atoms in total. The number of hydrogen-bond acceptors (Lipinski definition) is 5. The van der Waals surface area contributed by atoms with Crippen LogP contribution in [0.4, 0.5) is 4.79 Å². The first kappa shape index (κ1) is 19.4. The van der Waals surface area contributed by atoms with Gasteiger partial charge in [-0.1, -0.05) is 30.3 Å². The van der Waals surface area contributed by atoms with E-state index in [1.807, 2.05) is 37.3 Å². The topological polar surface area (TPSA) is 99.9 Å². The van der Waals surface area contributed by atoms with Crippen molar-refractivity contribution in [2.75, 3.05) is 7.05 Å². The van der Waals surface area contributed by atoms with Crippen LogP contribution >= 0.6 is 0 Å². The number of carbonyl (C=O) groups is 4. The standard InChI is InChI=1S/C22H19N3O5/c1-13(18-11-16-5-3-4-6-17(16)30-18)23-19(26)15-9-7-14(8-10-15)12-25-21(28)20(27)24(2)22(25)29/h3-11,13H,12H2,1-2H3,(H,23,26)/t13-/m0/s1. The highest BCUT2D eigenvalue weighted by molar-refractivity contribution is 6.44. The summed E-state index contributed by atoms with van der Waals surface area (Å²) in [6.45, 7) is 1.80. The number of fused-ring (bicyclic) bond motifs is 1. The molecule has 0 spiro atoms.